The van der Waals surface area contributed by atoms with Crippen molar-refractivity contribution in [2.75, 3.05) is 25.0 Å². The third-order valence-electron chi connectivity index (χ3n) is 3.70. The van der Waals surface area contributed by atoms with Crippen LogP contribution in [0.2, 0.25) is 0 Å². The van der Waals surface area contributed by atoms with Crippen molar-refractivity contribution in [2.24, 2.45) is 5.92 Å². The topological polar surface area (TPSA) is 41.6 Å². The number of alkyl halides is 5. The van der Waals surface area contributed by atoms with Gasteiger partial charge in [-0.3, -0.25) is 9.69 Å². The third kappa shape index (κ3) is 5.63. The number of nitrogens with one attached hydrogen (secondary N) is 1. The van der Waals surface area contributed by atoms with Crippen LogP contribution in [0.5, 0.6) is 5.75 Å². The lowest BCUT2D eigenvalue weighted by molar-refractivity contribution is -0.186. The molecule has 1 atom stereocenters. The first-order valence-corrected chi connectivity index (χ1v) is 7.38. The first kappa shape index (κ1) is 18.4. The maximum atomic E-state index is 12.7. The van der Waals surface area contributed by atoms with Gasteiger partial charge < -0.3 is 10.1 Å². The second kappa shape index (κ2) is 7.78. The van der Waals surface area contributed by atoms with E-state index >= 15 is 0 Å². The van der Waals surface area contributed by atoms with Gasteiger partial charge in [-0.15, -0.1) is 0 Å². The van der Waals surface area contributed by atoms with E-state index in [1.54, 1.807) is 0 Å². The predicted octanol–water partition coefficient (Wildman–Crippen LogP) is 3.50. The van der Waals surface area contributed by atoms with Crippen LogP contribution in [-0.4, -0.2) is 43.2 Å². The number of benzene rings is 1. The van der Waals surface area contributed by atoms with Gasteiger partial charge in [-0.05, 0) is 43.7 Å². The predicted molar refractivity (Wildman–Crippen MR) is 76.9 cm³/mol. The Balaban J connectivity index is 1.84. The average molecular weight is 352 g/mol. The van der Waals surface area contributed by atoms with E-state index < -0.39 is 24.6 Å². The molecule has 1 aliphatic heterocycles. The van der Waals surface area contributed by atoms with Crippen LogP contribution < -0.4 is 10.1 Å². The molecule has 0 aromatic heterocycles. The molecular formula is C15H17F5N2O2. The van der Waals surface area contributed by atoms with Crippen molar-refractivity contribution in [3.05, 3.63) is 24.3 Å². The Morgan fingerprint density at radius 2 is 1.96 bits per heavy atom. The molecule has 4 nitrogen and oxygen atoms in total. The number of piperidine rings is 1. The Hall–Kier alpha value is -1.90. The van der Waals surface area contributed by atoms with E-state index in [1.807, 2.05) is 0 Å². The summed E-state index contributed by atoms with van der Waals surface area (Å²) in [5.74, 6) is -1.92. The molecule has 0 spiro atoms. The van der Waals surface area contributed by atoms with Gasteiger partial charge in [0.2, 0.25) is 5.91 Å². The zero-order valence-corrected chi connectivity index (χ0v) is 12.7. The number of halogens is 5. The van der Waals surface area contributed by atoms with Gasteiger partial charge >= 0.3 is 12.8 Å². The SMILES string of the molecule is O=C(CN1CCCC(C(F)(F)F)C1)Nc1ccc(OC(F)F)cc1. The molecular weight excluding hydrogens is 335 g/mol. The molecule has 1 heterocycles. The maximum absolute atomic E-state index is 12.7. The summed E-state index contributed by atoms with van der Waals surface area (Å²) in [6.45, 7) is -2.85. The standard InChI is InChI=1S/C15H17F5N2O2/c16-14(17)24-12-5-3-11(4-6-12)21-13(23)9-22-7-1-2-10(8-22)15(18,19)20/h3-6,10,14H,1-2,7-9H2,(H,21,23). The number of hydrogen-bond acceptors (Lipinski definition) is 3. The first-order chi connectivity index (χ1) is 11.2. The molecule has 1 saturated heterocycles. The zero-order valence-electron chi connectivity index (χ0n) is 12.7. The Labute approximate surface area is 135 Å². The van der Waals surface area contributed by atoms with Gasteiger partial charge in [0.1, 0.15) is 5.75 Å². The van der Waals surface area contributed by atoms with Gasteiger partial charge in [-0.25, -0.2) is 0 Å². The molecule has 9 heteroatoms. The number of ether oxygens (including phenoxy) is 1. The summed E-state index contributed by atoms with van der Waals surface area (Å²) in [5, 5.41) is 2.52. The summed E-state index contributed by atoms with van der Waals surface area (Å²) in [5.41, 5.74) is 0.353. The van der Waals surface area contributed by atoms with Gasteiger partial charge in [-0.2, -0.15) is 22.0 Å². The second-order valence-electron chi connectivity index (χ2n) is 5.57. The van der Waals surface area contributed by atoms with Gasteiger partial charge in [0.15, 0.2) is 0 Å². The molecule has 0 saturated carbocycles. The second-order valence-corrected chi connectivity index (χ2v) is 5.57. The van der Waals surface area contributed by atoms with E-state index in [0.29, 0.717) is 18.7 Å². The average Bonchev–Trinajstić information content (AvgIpc) is 2.48. The molecule has 134 valence electrons. The summed E-state index contributed by atoms with van der Waals surface area (Å²) in [6, 6.07) is 5.29. The molecule has 1 fully saturated rings. The lowest BCUT2D eigenvalue weighted by atomic mass is 9.97. The fourth-order valence-electron chi connectivity index (χ4n) is 2.59. The van der Waals surface area contributed by atoms with Crippen LogP contribution in [0, 0.1) is 5.92 Å². The van der Waals surface area contributed by atoms with Crippen molar-refractivity contribution in [1.29, 1.82) is 0 Å². The number of nitrogens with zero attached hydrogens (tertiary/aromatic N) is 1. The van der Waals surface area contributed by atoms with Crippen LogP contribution >= 0.6 is 0 Å². The minimum absolute atomic E-state index is 0.0490. The molecule has 1 N–H and O–H groups in total. The van der Waals surface area contributed by atoms with Crippen LogP contribution in [0.1, 0.15) is 12.8 Å². The van der Waals surface area contributed by atoms with Crippen molar-refractivity contribution < 1.29 is 31.5 Å². The lowest BCUT2D eigenvalue weighted by Crippen LogP contribution is -2.44. The highest BCUT2D eigenvalue weighted by Gasteiger charge is 2.41. The van der Waals surface area contributed by atoms with E-state index in [0.717, 1.165) is 0 Å². The zero-order chi connectivity index (χ0) is 17.7. The number of anilines is 1. The molecule has 1 aromatic carbocycles. The number of carbonyl (C=O) groups is 1. The van der Waals surface area contributed by atoms with Crippen molar-refractivity contribution >= 4 is 11.6 Å². The highest BCUT2D eigenvalue weighted by atomic mass is 19.4. The molecule has 0 radical (unpaired) electrons. The molecule has 1 unspecified atom stereocenters. The fourth-order valence-corrected chi connectivity index (χ4v) is 2.59. The van der Waals surface area contributed by atoms with Gasteiger partial charge in [0, 0.05) is 12.2 Å². The normalized spacial score (nSPS) is 19.3. The molecule has 0 aliphatic carbocycles. The summed E-state index contributed by atoms with van der Waals surface area (Å²) in [7, 11) is 0. The molecule has 24 heavy (non-hydrogen) atoms. The van der Waals surface area contributed by atoms with Crippen LogP contribution in [0.4, 0.5) is 27.6 Å². The number of hydrogen-bond donors (Lipinski definition) is 1. The lowest BCUT2D eigenvalue weighted by Gasteiger charge is -2.33. The molecule has 1 aromatic rings. The Bertz CT molecular complexity index is 548. The molecule has 1 amide bonds. The summed E-state index contributed by atoms with van der Waals surface area (Å²) >= 11 is 0. The summed E-state index contributed by atoms with van der Waals surface area (Å²) in [6.07, 6.45) is -3.79. The Morgan fingerprint density at radius 3 is 2.54 bits per heavy atom. The smallest absolute Gasteiger partial charge is 0.393 e. The van der Waals surface area contributed by atoms with E-state index in [1.165, 1.54) is 29.2 Å². The number of amides is 1. The Morgan fingerprint density at radius 1 is 1.29 bits per heavy atom. The van der Waals surface area contributed by atoms with Crippen molar-refractivity contribution in [2.45, 2.75) is 25.6 Å². The first-order valence-electron chi connectivity index (χ1n) is 7.38. The van der Waals surface area contributed by atoms with E-state index in [9.17, 15) is 26.7 Å². The quantitative estimate of drug-likeness (QED) is 0.825. The number of likely N-dealkylation sites (tertiary alicyclic amines) is 1. The minimum atomic E-state index is -4.25. The number of rotatable bonds is 5. The molecule has 1 aliphatic rings. The third-order valence-corrected chi connectivity index (χ3v) is 3.70. The van der Waals surface area contributed by atoms with E-state index in [2.05, 4.69) is 10.1 Å². The highest BCUT2D eigenvalue weighted by molar-refractivity contribution is 5.92. The van der Waals surface area contributed by atoms with Crippen LogP contribution in [0.15, 0.2) is 24.3 Å². The van der Waals surface area contributed by atoms with Crippen molar-refractivity contribution in [1.82, 2.24) is 4.90 Å². The molecule has 0 bridgehead atoms. The fraction of sp³-hybridized carbons (Fsp3) is 0.533. The maximum Gasteiger partial charge on any atom is 0.393 e. The Kier molecular flexibility index (Phi) is 5.98. The van der Waals surface area contributed by atoms with E-state index in [-0.39, 0.29) is 25.3 Å². The van der Waals surface area contributed by atoms with Gasteiger partial charge in [0.05, 0.1) is 12.5 Å². The molecule has 2 rings (SSSR count). The highest BCUT2D eigenvalue weighted by Crippen LogP contribution is 2.33. The van der Waals surface area contributed by atoms with Crippen LogP contribution in [0.25, 0.3) is 0 Å². The van der Waals surface area contributed by atoms with Crippen LogP contribution in [-0.2, 0) is 4.79 Å². The van der Waals surface area contributed by atoms with Gasteiger partial charge in [0.25, 0.3) is 0 Å². The van der Waals surface area contributed by atoms with Crippen molar-refractivity contribution in [3.8, 4) is 5.75 Å². The van der Waals surface area contributed by atoms with E-state index in [4.69, 9.17) is 0 Å². The monoisotopic (exact) mass is 352 g/mol. The van der Waals surface area contributed by atoms with Crippen molar-refractivity contribution in [3.63, 3.8) is 0 Å². The minimum Gasteiger partial charge on any atom is -0.435 e. The summed E-state index contributed by atoms with van der Waals surface area (Å²) in [4.78, 5) is 13.4. The summed E-state index contributed by atoms with van der Waals surface area (Å²) < 4.78 is 66.4. The largest absolute Gasteiger partial charge is 0.435 e. The van der Waals surface area contributed by atoms with Crippen LogP contribution in [0.3, 0.4) is 0 Å². The van der Waals surface area contributed by atoms with Gasteiger partial charge in [-0.1, -0.05) is 0 Å². The number of carbonyl (C=O) groups excluding carboxylic acids is 1.